The Morgan fingerprint density at radius 3 is 2.44 bits per heavy atom. The van der Waals surface area contributed by atoms with Crippen molar-refractivity contribution in [1.29, 1.82) is 0 Å². The standard InChI is InChI=1S/C15H16FNSe/c16-14-9-7-13(8-10-14)5-1-2-6-15(18)17-11-3-4-12-17/h1-2,5-10H,3-4,11-12H2/b5-1+,6-2+. The minimum atomic E-state index is -0.199. The van der Waals surface area contributed by atoms with E-state index in [0.29, 0.717) is 0 Å². The summed E-state index contributed by atoms with van der Waals surface area (Å²) in [5.41, 5.74) is 1.00. The first kappa shape index (κ1) is 13.3. The van der Waals surface area contributed by atoms with E-state index in [1.54, 1.807) is 12.1 Å². The van der Waals surface area contributed by atoms with Crippen LogP contribution in [-0.2, 0) is 0 Å². The molecule has 1 nitrogen and oxygen atoms in total. The summed E-state index contributed by atoms with van der Waals surface area (Å²) >= 11 is 3.10. The van der Waals surface area contributed by atoms with Crippen LogP contribution in [0.3, 0.4) is 0 Å². The average molecular weight is 308 g/mol. The summed E-state index contributed by atoms with van der Waals surface area (Å²) in [6.45, 7) is 2.29. The third-order valence-electron chi connectivity index (χ3n) is 2.93. The minimum absolute atomic E-state index is 0.199. The zero-order valence-corrected chi connectivity index (χ0v) is 11.9. The average Bonchev–Trinajstić information content (AvgIpc) is 2.90. The van der Waals surface area contributed by atoms with Crippen LogP contribution >= 0.6 is 0 Å². The summed E-state index contributed by atoms with van der Waals surface area (Å²) in [5, 5.41) is 0. The first-order chi connectivity index (χ1) is 8.75. The number of allylic oxidation sites excluding steroid dienone is 2. The van der Waals surface area contributed by atoms with Gasteiger partial charge < -0.3 is 0 Å². The fourth-order valence-electron chi connectivity index (χ4n) is 1.92. The third kappa shape index (κ3) is 3.93. The number of likely N-dealkylation sites (tertiary alicyclic amines) is 1. The van der Waals surface area contributed by atoms with E-state index in [-0.39, 0.29) is 5.82 Å². The van der Waals surface area contributed by atoms with Gasteiger partial charge in [0.1, 0.15) is 0 Å². The van der Waals surface area contributed by atoms with E-state index in [1.807, 2.05) is 18.2 Å². The van der Waals surface area contributed by atoms with E-state index in [9.17, 15) is 4.39 Å². The molecule has 0 spiro atoms. The van der Waals surface area contributed by atoms with Gasteiger partial charge in [-0.05, 0) is 0 Å². The van der Waals surface area contributed by atoms with Gasteiger partial charge in [0.15, 0.2) is 0 Å². The molecular formula is C15H16FNSe. The molecule has 1 aliphatic heterocycles. The molecule has 0 atom stereocenters. The second kappa shape index (κ2) is 6.67. The van der Waals surface area contributed by atoms with Crippen molar-refractivity contribution in [2.24, 2.45) is 0 Å². The Bertz CT molecular complexity index is 456. The topological polar surface area (TPSA) is 3.24 Å². The fraction of sp³-hybridized carbons (Fsp3) is 0.267. The first-order valence-electron chi connectivity index (χ1n) is 6.15. The first-order valence-corrected chi connectivity index (χ1v) is 7.00. The quantitative estimate of drug-likeness (QED) is 0.611. The van der Waals surface area contributed by atoms with E-state index in [4.69, 9.17) is 0 Å². The maximum absolute atomic E-state index is 12.7. The van der Waals surface area contributed by atoms with E-state index in [2.05, 4.69) is 26.6 Å². The molecule has 0 amide bonds. The summed E-state index contributed by atoms with van der Waals surface area (Å²) in [6.07, 6.45) is 10.6. The SMILES string of the molecule is Fc1ccc(/C=C/C=C/C(=[Se])N2CCCC2)cc1. The Hall–Kier alpha value is -1.18. The summed E-state index contributed by atoms with van der Waals surface area (Å²) in [4.78, 5) is 2.35. The van der Waals surface area contributed by atoms with E-state index < -0.39 is 0 Å². The van der Waals surface area contributed by atoms with Crippen LogP contribution in [0.15, 0.2) is 42.5 Å². The number of hydrogen-bond donors (Lipinski definition) is 0. The van der Waals surface area contributed by atoms with Crippen molar-refractivity contribution in [2.45, 2.75) is 12.8 Å². The third-order valence-corrected chi connectivity index (χ3v) is 3.75. The summed E-state index contributed by atoms with van der Waals surface area (Å²) < 4.78 is 13.9. The Labute approximate surface area is 115 Å². The molecule has 1 fully saturated rings. The van der Waals surface area contributed by atoms with Crippen molar-refractivity contribution in [3.8, 4) is 0 Å². The van der Waals surface area contributed by atoms with Crippen molar-refractivity contribution in [3.05, 3.63) is 53.9 Å². The number of nitrogens with zero attached hydrogens (tertiary/aromatic N) is 1. The Morgan fingerprint density at radius 2 is 1.78 bits per heavy atom. The molecular weight excluding hydrogens is 292 g/mol. The second-order valence-electron chi connectivity index (χ2n) is 4.30. The molecule has 94 valence electrons. The summed E-state index contributed by atoms with van der Waals surface area (Å²) in [5.74, 6) is -0.199. The van der Waals surface area contributed by atoms with Gasteiger partial charge in [-0.25, -0.2) is 0 Å². The Balaban J connectivity index is 1.86. The molecule has 0 aromatic heterocycles. The van der Waals surface area contributed by atoms with E-state index >= 15 is 0 Å². The number of benzene rings is 1. The normalized spacial score (nSPS) is 15.9. The van der Waals surface area contributed by atoms with E-state index in [1.165, 1.54) is 29.5 Å². The fourth-order valence-corrected chi connectivity index (χ4v) is 2.47. The molecule has 1 saturated heterocycles. The maximum atomic E-state index is 12.7. The van der Waals surface area contributed by atoms with Gasteiger partial charge in [0.05, 0.1) is 0 Å². The second-order valence-corrected chi connectivity index (χ2v) is 5.18. The number of hydrogen-bond acceptors (Lipinski definition) is 1. The van der Waals surface area contributed by atoms with E-state index in [0.717, 1.165) is 18.7 Å². The molecule has 1 aromatic carbocycles. The molecule has 0 N–H and O–H groups in total. The van der Waals surface area contributed by atoms with Gasteiger partial charge in [0.25, 0.3) is 0 Å². The molecule has 1 heterocycles. The van der Waals surface area contributed by atoms with Gasteiger partial charge in [-0.3, -0.25) is 0 Å². The van der Waals surface area contributed by atoms with Crippen molar-refractivity contribution in [3.63, 3.8) is 0 Å². The molecule has 0 aliphatic carbocycles. The molecule has 0 saturated carbocycles. The molecule has 18 heavy (non-hydrogen) atoms. The number of halogens is 1. The van der Waals surface area contributed by atoms with Gasteiger partial charge in [0.2, 0.25) is 0 Å². The van der Waals surface area contributed by atoms with Crippen molar-refractivity contribution >= 4 is 26.2 Å². The van der Waals surface area contributed by atoms with Crippen LogP contribution in [0.5, 0.6) is 0 Å². The Kier molecular flexibility index (Phi) is 4.91. The predicted octanol–water partition coefficient (Wildman–Crippen LogP) is 2.79. The van der Waals surface area contributed by atoms with Crippen LogP contribution in [0.2, 0.25) is 0 Å². The monoisotopic (exact) mass is 309 g/mol. The van der Waals surface area contributed by atoms with Gasteiger partial charge >= 0.3 is 115 Å². The number of rotatable bonds is 4. The molecule has 0 radical (unpaired) electrons. The van der Waals surface area contributed by atoms with Crippen molar-refractivity contribution in [2.75, 3.05) is 13.1 Å². The van der Waals surface area contributed by atoms with Gasteiger partial charge in [-0.15, -0.1) is 0 Å². The van der Waals surface area contributed by atoms with Crippen molar-refractivity contribution < 1.29 is 4.39 Å². The molecule has 1 aromatic rings. The summed E-state index contributed by atoms with van der Waals surface area (Å²) in [7, 11) is 0. The van der Waals surface area contributed by atoms with Gasteiger partial charge in [0, 0.05) is 0 Å². The van der Waals surface area contributed by atoms with Crippen molar-refractivity contribution in [1.82, 2.24) is 4.90 Å². The summed E-state index contributed by atoms with van der Waals surface area (Å²) in [6, 6.07) is 6.48. The molecule has 0 bridgehead atoms. The molecule has 0 unspecified atom stereocenters. The molecule has 3 heteroatoms. The Morgan fingerprint density at radius 1 is 1.11 bits per heavy atom. The predicted molar refractivity (Wildman–Crippen MR) is 76.1 cm³/mol. The zero-order valence-electron chi connectivity index (χ0n) is 10.2. The van der Waals surface area contributed by atoms with Gasteiger partial charge in [-0.1, -0.05) is 0 Å². The molecule has 2 rings (SSSR count). The zero-order chi connectivity index (χ0) is 12.8. The van der Waals surface area contributed by atoms with Crippen LogP contribution in [0.1, 0.15) is 18.4 Å². The van der Waals surface area contributed by atoms with Crippen LogP contribution < -0.4 is 0 Å². The van der Waals surface area contributed by atoms with Crippen LogP contribution in [0, 0.1) is 5.82 Å². The molecule has 1 aliphatic rings. The van der Waals surface area contributed by atoms with Gasteiger partial charge in [-0.2, -0.15) is 0 Å². The van der Waals surface area contributed by atoms with Crippen LogP contribution in [0.4, 0.5) is 4.39 Å². The van der Waals surface area contributed by atoms with Crippen LogP contribution in [-0.4, -0.2) is 38.1 Å². The van der Waals surface area contributed by atoms with Crippen LogP contribution in [0.25, 0.3) is 6.08 Å².